The third-order valence-electron chi connectivity index (χ3n) is 5.02. The van der Waals surface area contributed by atoms with E-state index in [0.29, 0.717) is 12.1 Å². The SMILES string of the molecule is Cc1ccccc1C1(O)CC2CCCC(C1)N2C. The van der Waals surface area contributed by atoms with Crippen molar-refractivity contribution in [2.24, 2.45) is 0 Å². The van der Waals surface area contributed by atoms with Crippen molar-refractivity contribution < 1.29 is 5.11 Å². The summed E-state index contributed by atoms with van der Waals surface area (Å²) in [6.45, 7) is 2.11. The first-order valence-electron chi connectivity index (χ1n) is 7.10. The topological polar surface area (TPSA) is 23.5 Å². The number of hydrogen-bond acceptors (Lipinski definition) is 2. The molecule has 0 saturated carbocycles. The Labute approximate surface area is 110 Å². The maximum atomic E-state index is 11.1. The number of rotatable bonds is 1. The van der Waals surface area contributed by atoms with Crippen LogP contribution in [-0.2, 0) is 5.60 Å². The Morgan fingerprint density at radius 1 is 1.17 bits per heavy atom. The van der Waals surface area contributed by atoms with Gasteiger partial charge in [0.2, 0.25) is 0 Å². The van der Waals surface area contributed by atoms with Crippen molar-refractivity contribution in [3.63, 3.8) is 0 Å². The lowest BCUT2D eigenvalue weighted by Gasteiger charge is -2.51. The highest BCUT2D eigenvalue weighted by atomic mass is 16.3. The van der Waals surface area contributed by atoms with Crippen molar-refractivity contribution in [3.05, 3.63) is 35.4 Å². The Bertz CT molecular complexity index is 428. The fourth-order valence-corrected chi connectivity index (χ4v) is 3.96. The lowest BCUT2D eigenvalue weighted by atomic mass is 9.72. The summed E-state index contributed by atoms with van der Waals surface area (Å²) < 4.78 is 0. The molecule has 3 rings (SSSR count). The zero-order chi connectivity index (χ0) is 12.8. The Morgan fingerprint density at radius 2 is 1.78 bits per heavy atom. The van der Waals surface area contributed by atoms with Crippen LogP contribution in [0.2, 0.25) is 0 Å². The molecule has 0 amide bonds. The Kier molecular flexibility index (Phi) is 2.95. The van der Waals surface area contributed by atoms with E-state index in [9.17, 15) is 5.11 Å². The van der Waals surface area contributed by atoms with E-state index in [2.05, 4.69) is 43.1 Å². The summed E-state index contributed by atoms with van der Waals surface area (Å²) in [6, 6.07) is 9.44. The molecule has 2 nitrogen and oxygen atoms in total. The monoisotopic (exact) mass is 245 g/mol. The molecule has 2 bridgehead atoms. The number of nitrogens with zero attached hydrogens (tertiary/aromatic N) is 1. The Balaban J connectivity index is 1.94. The molecule has 2 saturated heterocycles. The number of hydrogen-bond donors (Lipinski definition) is 1. The summed E-state index contributed by atoms with van der Waals surface area (Å²) in [7, 11) is 2.23. The van der Waals surface area contributed by atoms with Gasteiger partial charge in [-0.05, 0) is 50.8 Å². The van der Waals surface area contributed by atoms with Gasteiger partial charge in [-0.2, -0.15) is 0 Å². The molecule has 1 N–H and O–H groups in total. The second kappa shape index (κ2) is 4.36. The largest absolute Gasteiger partial charge is 0.385 e. The zero-order valence-electron chi connectivity index (χ0n) is 11.4. The van der Waals surface area contributed by atoms with E-state index in [1.165, 1.54) is 24.8 Å². The van der Waals surface area contributed by atoms with E-state index in [4.69, 9.17) is 0 Å². The molecule has 2 aliphatic rings. The molecule has 2 unspecified atom stereocenters. The summed E-state index contributed by atoms with van der Waals surface area (Å²) in [5.74, 6) is 0. The lowest BCUT2D eigenvalue weighted by Crippen LogP contribution is -2.55. The summed E-state index contributed by atoms with van der Waals surface area (Å²) in [6.07, 6.45) is 5.58. The van der Waals surface area contributed by atoms with Crippen LogP contribution in [0.25, 0.3) is 0 Å². The van der Waals surface area contributed by atoms with Crippen molar-refractivity contribution in [2.45, 2.75) is 56.7 Å². The molecule has 2 fully saturated rings. The summed E-state index contributed by atoms with van der Waals surface area (Å²) in [4.78, 5) is 2.50. The van der Waals surface area contributed by atoms with E-state index in [1.54, 1.807) is 0 Å². The normalized spacial score (nSPS) is 36.6. The fourth-order valence-electron chi connectivity index (χ4n) is 3.96. The van der Waals surface area contributed by atoms with E-state index < -0.39 is 5.60 Å². The average Bonchev–Trinajstić information content (AvgIpc) is 2.32. The Morgan fingerprint density at radius 3 is 2.39 bits per heavy atom. The van der Waals surface area contributed by atoms with Crippen LogP contribution in [0.3, 0.4) is 0 Å². The van der Waals surface area contributed by atoms with Crippen LogP contribution in [-0.4, -0.2) is 29.1 Å². The van der Waals surface area contributed by atoms with Gasteiger partial charge in [-0.15, -0.1) is 0 Å². The molecule has 98 valence electrons. The number of aliphatic hydroxyl groups is 1. The van der Waals surface area contributed by atoms with Crippen molar-refractivity contribution in [1.29, 1.82) is 0 Å². The van der Waals surface area contributed by atoms with Gasteiger partial charge >= 0.3 is 0 Å². The van der Waals surface area contributed by atoms with E-state index in [1.807, 2.05) is 0 Å². The van der Waals surface area contributed by atoms with Crippen LogP contribution >= 0.6 is 0 Å². The molecule has 1 aromatic carbocycles. The zero-order valence-corrected chi connectivity index (χ0v) is 11.4. The quantitative estimate of drug-likeness (QED) is 0.822. The van der Waals surface area contributed by atoms with Gasteiger partial charge in [-0.3, -0.25) is 0 Å². The van der Waals surface area contributed by atoms with Gasteiger partial charge in [0.1, 0.15) is 0 Å². The molecular weight excluding hydrogens is 222 g/mol. The molecule has 2 heteroatoms. The second-order valence-corrected chi connectivity index (χ2v) is 6.16. The van der Waals surface area contributed by atoms with Gasteiger partial charge in [-0.1, -0.05) is 30.7 Å². The smallest absolute Gasteiger partial charge is 0.0928 e. The second-order valence-electron chi connectivity index (χ2n) is 6.16. The first-order chi connectivity index (χ1) is 8.60. The number of fused-ring (bicyclic) bond motifs is 2. The number of piperidine rings is 2. The average molecular weight is 245 g/mol. The highest BCUT2D eigenvalue weighted by molar-refractivity contribution is 5.32. The molecule has 0 aromatic heterocycles. The van der Waals surface area contributed by atoms with E-state index in [-0.39, 0.29) is 0 Å². The fraction of sp³-hybridized carbons (Fsp3) is 0.625. The van der Waals surface area contributed by atoms with Crippen LogP contribution in [0.1, 0.15) is 43.2 Å². The minimum atomic E-state index is -0.604. The maximum absolute atomic E-state index is 11.1. The van der Waals surface area contributed by atoms with Crippen molar-refractivity contribution in [1.82, 2.24) is 4.90 Å². The first-order valence-corrected chi connectivity index (χ1v) is 7.10. The van der Waals surface area contributed by atoms with Crippen molar-refractivity contribution in [3.8, 4) is 0 Å². The highest BCUT2D eigenvalue weighted by Gasteiger charge is 2.45. The third-order valence-corrected chi connectivity index (χ3v) is 5.02. The van der Waals surface area contributed by atoms with Crippen LogP contribution in [0.15, 0.2) is 24.3 Å². The van der Waals surface area contributed by atoms with E-state index in [0.717, 1.165) is 18.4 Å². The van der Waals surface area contributed by atoms with Crippen LogP contribution in [0.4, 0.5) is 0 Å². The minimum Gasteiger partial charge on any atom is -0.385 e. The predicted molar refractivity (Wildman–Crippen MR) is 73.5 cm³/mol. The summed E-state index contributed by atoms with van der Waals surface area (Å²) in [5.41, 5.74) is 1.77. The van der Waals surface area contributed by atoms with Gasteiger partial charge in [0.15, 0.2) is 0 Å². The van der Waals surface area contributed by atoms with Crippen molar-refractivity contribution >= 4 is 0 Å². The van der Waals surface area contributed by atoms with Crippen LogP contribution in [0, 0.1) is 6.92 Å². The van der Waals surface area contributed by atoms with Gasteiger partial charge in [-0.25, -0.2) is 0 Å². The van der Waals surface area contributed by atoms with Gasteiger partial charge in [0.05, 0.1) is 5.60 Å². The van der Waals surface area contributed by atoms with Gasteiger partial charge in [0.25, 0.3) is 0 Å². The van der Waals surface area contributed by atoms with Crippen LogP contribution < -0.4 is 0 Å². The minimum absolute atomic E-state index is 0.558. The molecule has 0 spiro atoms. The van der Waals surface area contributed by atoms with E-state index >= 15 is 0 Å². The Hall–Kier alpha value is -0.860. The molecule has 0 radical (unpaired) electrons. The van der Waals surface area contributed by atoms with Crippen LogP contribution in [0.5, 0.6) is 0 Å². The molecule has 2 atom stereocenters. The number of benzene rings is 1. The van der Waals surface area contributed by atoms with Gasteiger partial charge in [0, 0.05) is 12.1 Å². The molecule has 2 aliphatic heterocycles. The summed E-state index contributed by atoms with van der Waals surface area (Å²) >= 11 is 0. The lowest BCUT2D eigenvalue weighted by molar-refractivity contribution is -0.0877. The molecule has 0 aliphatic carbocycles. The standard InChI is InChI=1S/C16H23NO/c1-12-6-3-4-9-15(12)16(18)10-13-7-5-8-14(11-16)17(13)2/h3-4,6,9,13-14,18H,5,7-8,10-11H2,1-2H3. The molecular formula is C16H23NO. The predicted octanol–water partition coefficient (Wildman–Crippen LogP) is 2.83. The number of aryl methyl sites for hydroxylation is 1. The third kappa shape index (κ3) is 1.88. The van der Waals surface area contributed by atoms with Crippen molar-refractivity contribution in [2.75, 3.05) is 7.05 Å². The first kappa shape index (κ1) is 12.2. The summed E-state index contributed by atoms with van der Waals surface area (Å²) in [5, 5.41) is 11.1. The molecule has 1 aromatic rings. The maximum Gasteiger partial charge on any atom is 0.0928 e. The highest BCUT2D eigenvalue weighted by Crippen LogP contribution is 2.44. The molecule has 18 heavy (non-hydrogen) atoms. The van der Waals surface area contributed by atoms with Gasteiger partial charge < -0.3 is 10.0 Å². The molecule has 2 heterocycles.